The van der Waals surface area contributed by atoms with E-state index in [1.165, 1.54) is 7.11 Å². The Labute approximate surface area is 197 Å². The summed E-state index contributed by atoms with van der Waals surface area (Å²) in [4.78, 5) is 57.6. The Bertz CT molecular complexity index is 1050. The molecule has 0 radical (unpaired) electrons. The van der Waals surface area contributed by atoms with Gasteiger partial charge < -0.3 is 20.4 Å². The van der Waals surface area contributed by atoms with Crippen LogP contribution in [0.15, 0.2) is 18.2 Å². The lowest BCUT2D eigenvalue weighted by molar-refractivity contribution is -0.146. The molecule has 0 saturated carbocycles. The Balaban J connectivity index is 1.74. The number of hydrogen-bond acceptors (Lipinski definition) is 6. The molecule has 0 bridgehead atoms. The molecule has 33 heavy (non-hydrogen) atoms. The third-order valence-electron chi connectivity index (χ3n) is 5.77. The number of H-pyrrole nitrogens is 1. The highest BCUT2D eigenvalue weighted by atomic mass is 35.5. The van der Waals surface area contributed by atoms with Gasteiger partial charge in [-0.2, -0.15) is 0 Å². The van der Waals surface area contributed by atoms with Crippen molar-refractivity contribution >= 4 is 46.2 Å². The molecular formula is C23H29ClN4O5. The summed E-state index contributed by atoms with van der Waals surface area (Å²) in [6.45, 7) is 4.44. The molecule has 2 heterocycles. The molecule has 178 valence electrons. The van der Waals surface area contributed by atoms with E-state index < -0.39 is 23.8 Å². The summed E-state index contributed by atoms with van der Waals surface area (Å²) in [5.74, 6) is -2.30. The first-order valence-corrected chi connectivity index (χ1v) is 11.4. The van der Waals surface area contributed by atoms with Gasteiger partial charge in [-0.1, -0.05) is 31.5 Å². The number of para-hydroxylation sites is 1. The molecule has 0 aliphatic carbocycles. The van der Waals surface area contributed by atoms with Crippen LogP contribution in [0.2, 0.25) is 5.02 Å². The third kappa shape index (κ3) is 6.10. The van der Waals surface area contributed by atoms with Gasteiger partial charge >= 0.3 is 5.97 Å². The number of amides is 2. The summed E-state index contributed by atoms with van der Waals surface area (Å²) < 4.78 is 4.84. The van der Waals surface area contributed by atoms with Crippen molar-refractivity contribution in [2.75, 3.05) is 13.7 Å². The second-order valence-electron chi connectivity index (χ2n) is 8.77. The van der Waals surface area contributed by atoms with Crippen LogP contribution in [0.4, 0.5) is 0 Å². The third-order valence-corrected chi connectivity index (χ3v) is 6.08. The normalized spacial score (nSPS) is 17.6. The van der Waals surface area contributed by atoms with E-state index in [4.69, 9.17) is 16.3 Å². The van der Waals surface area contributed by atoms with Gasteiger partial charge in [-0.05, 0) is 37.3 Å². The van der Waals surface area contributed by atoms with Crippen LogP contribution in [0, 0.1) is 17.8 Å². The first-order valence-electron chi connectivity index (χ1n) is 11.0. The minimum Gasteiger partial charge on any atom is -0.467 e. The number of Topliss-reactive ketones (excluding diaryl/α,β-unsaturated/α-hetero) is 1. The van der Waals surface area contributed by atoms with Crippen LogP contribution in [0.25, 0.3) is 11.0 Å². The van der Waals surface area contributed by atoms with Crippen LogP contribution in [-0.4, -0.2) is 53.2 Å². The van der Waals surface area contributed by atoms with Gasteiger partial charge in [-0.15, -0.1) is 0 Å². The van der Waals surface area contributed by atoms with Crippen LogP contribution in [0.5, 0.6) is 0 Å². The van der Waals surface area contributed by atoms with Gasteiger partial charge in [-0.25, -0.2) is 9.78 Å². The van der Waals surface area contributed by atoms with E-state index in [1.807, 2.05) is 13.8 Å². The average Bonchev–Trinajstić information content (AvgIpc) is 3.39. The van der Waals surface area contributed by atoms with Gasteiger partial charge in [0, 0.05) is 24.8 Å². The van der Waals surface area contributed by atoms with Crippen molar-refractivity contribution in [3.05, 3.63) is 29.0 Å². The van der Waals surface area contributed by atoms with Gasteiger partial charge in [0.2, 0.25) is 11.8 Å². The molecule has 1 saturated heterocycles. The molecule has 1 fully saturated rings. The van der Waals surface area contributed by atoms with Crippen LogP contribution in [0.3, 0.4) is 0 Å². The largest absolute Gasteiger partial charge is 0.467 e. The fourth-order valence-electron chi connectivity index (χ4n) is 4.10. The average molecular weight is 477 g/mol. The number of fused-ring (bicyclic) bond motifs is 1. The summed E-state index contributed by atoms with van der Waals surface area (Å²) in [5, 5.41) is 5.87. The second-order valence-corrected chi connectivity index (χ2v) is 9.18. The smallest absolute Gasteiger partial charge is 0.328 e. The number of esters is 1. The molecule has 3 atom stereocenters. The number of nitrogens with one attached hydrogen (secondary N) is 3. The van der Waals surface area contributed by atoms with Gasteiger partial charge in [0.1, 0.15) is 11.6 Å². The number of carbonyl (C=O) groups is 4. The molecule has 1 aromatic carbocycles. The molecule has 1 aliphatic heterocycles. The van der Waals surface area contributed by atoms with E-state index in [0.717, 1.165) is 0 Å². The molecule has 9 nitrogen and oxygen atoms in total. The zero-order valence-corrected chi connectivity index (χ0v) is 19.7. The fourth-order valence-corrected chi connectivity index (χ4v) is 4.32. The molecule has 2 amide bonds. The summed E-state index contributed by atoms with van der Waals surface area (Å²) in [7, 11) is 1.23. The molecule has 1 aliphatic rings. The first kappa shape index (κ1) is 24.7. The summed E-state index contributed by atoms with van der Waals surface area (Å²) in [6, 6.07) is 4.24. The lowest BCUT2D eigenvalue weighted by Gasteiger charge is -2.23. The minimum absolute atomic E-state index is 0.0841. The van der Waals surface area contributed by atoms with E-state index in [-0.39, 0.29) is 42.2 Å². The molecule has 2 aromatic rings. The molecule has 3 N–H and O–H groups in total. The molecule has 0 spiro atoms. The van der Waals surface area contributed by atoms with Crippen molar-refractivity contribution in [2.24, 2.45) is 17.8 Å². The van der Waals surface area contributed by atoms with Crippen molar-refractivity contribution in [1.29, 1.82) is 0 Å². The van der Waals surface area contributed by atoms with Crippen molar-refractivity contribution in [2.45, 2.75) is 45.6 Å². The van der Waals surface area contributed by atoms with Crippen LogP contribution < -0.4 is 10.6 Å². The highest BCUT2D eigenvalue weighted by Gasteiger charge is 2.34. The number of nitrogens with zero attached hydrogens (tertiary/aromatic N) is 1. The van der Waals surface area contributed by atoms with Crippen molar-refractivity contribution in [3.8, 4) is 0 Å². The Morgan fingerprint density at radius 2 is 2.06 bits per heavy atom. The highest BCUT2D eigenvalue weighted by molar-refractivity contribution is 6.35. The quantitative estimate of drug-likeness (QED) is 0.357. The second kappa shape index (κ2) is 10.8. The number of ketones is 1. The maximum absolute atomic E-state index is 13.1. The Morgan fingerprint density at radius 3 is 2.67 bits per heavy atom. The molecule has 3 rings (SSSR count). The van der Waals surface area contributed by atoms with Crippen LogP contribution in [-0.2, 0) is 19.1 Å². The minimum atomic E-state index is -0.967. The number of ether oxygens (including phenoxy) is 1. The van der Waals surface area contributed by atoms with Crippen LogP contribution >= 0.6 is 11.6 Å². The predicted octanol–water partition coefficient (Wildman–Crippen LogP) is 2.64. The van der Waals surface area contributed by atoms with Crippen LogP contribution in [0.1, 0.15) is 50.1 Å². The van der Waals surface area contributed by atoms with E-state index >= 15 is 0 Å². The van der Waals surface area contributed by atoms with Crippen molar-refractivity contribution < 1.29 is 23.9 Å². The molecule has 10 heteroatoms. The Morgan fingerprint density at radius 1 is 1.30 bits per heavy atom. The van der Waals surface area contributed by atoms with Gasteiger partial charge in [0.05, 0.1) is 17.6 Å². The zero-order chi connectivity index (χ0) is 24.1. The summed E-state index contributed by atoms with van der Waals surface area (Å²) in [5.41, 5.74) is 1.13. The molecule has 0 unspecified atom stereocenters. The summed E-state index contributed by atoms with van der Waals surface area (Å²) in [6.07, 6.45) is 1.09. The van der Waals surface area contributed by atoms with Crippen molar-refractivity contribution in [3.63, 3.8) is 0 Å². The SMILES string of the molecule is COC(=O)[C@H](C[C@@H]1CCNC1=O)NC(=O)[C@@H](CC(=O)c1nc2c(Cl)cccc2[nH]1)CC(C)C. The predicted molar refractivity (Wildman–Crippen MR) is 123 cm³/mol. The van der Waals surface area contributed by atoms with Gasteiger partial charge in [0.15, 0.2) is 11.6 Å². The van der Waals surface area contributed by atoms with E-state index in [9.17, 15) is 19.2 Å². The van der Waals surface area contributed by atoms with Gasteiger partial charge in [0.25, 0.3) is 0 Å². The molecular weight excluding hydrogens is 448 g/mol. The topological polar surface area (TPSA) is 130 Å². The number of halogens is 1. The Hall–Kier alpha value is -2.94. The standard InChI is InChI=1S/C23H29ClN4O5/c1-12(2)9-14(11-18(29)20-26-16-6-4-5-15(24)19(16)28-20)22(31)27-17(23(32)33-3)10-13-7-8-25-21(13)30/h4-6,12-14,17H,7-11H2,1-3H3,(H,25,30)(H,26,28)(H,27,31)/t13-,14+,17-/m0/s1. The summed E-state index contributed by atoms with van der Waals surface area (Å²) >= 11 is 6.15. The van der Waals surface area contributed by atoms with E-state index in [0.29, 0.717) is 35.4 Å². The van der Waals surface area contributed by atoms with E-state index in [1.54, 1.807) is 18.2 Å². The Kier molecular flexibility index (Phi) is 8.07. The zero-order valence-electron chi connectivity index (χ0n) is 18.9. The van der Waals surface area contributed by atoms with Crippen molar-refractivity contribution in [1.82, 2.24) is 20.6 Å². The number of aromatic nitrogens is 2. The highest BCUT2D eigenvalue weighted by Crippen LogP contribution is 2.24. The number of imidazole rings is 1. The van der Waals surface area contributed by atoms with E-state index in [2.05, 4.69) is 20.6 Å². The maximum atomic E-state index is 13.1. The van der Waals surface area contributed by atoms with Gasteiger partial charge in [-0.3, -0.25) is 14.4 Å². The number of hydrogen-bond donors (Lipinski definition) is 3. The number of rotatable bonds is 10. The first-order chi connectivity index (χ1) is 15.7. The number of carbonyl (C=O) groups excluding carboxylic acids is 4. The fraction of sp³-hybridized carbons (Fsp3) is 0.522. The molecule has 1 aromatic heterocycles. The maximum Gasteiger partial charge on any atom is 0.328 e. The lowest BCUT2D eigenvalue weighted by atomic mass is 9.90. The number of methoxy groups -OCH3 is 1. The number of benzene rings is 1. The lowest BCUT2D eigenvalue weighted by Crippen LogP contribution is -2.46. The monoisotopic (exact) mass is 476 g/mol. The number of aromatic amines is 1.